The zero-order valence-corrected chi connectivity index (χ0v) is 20.4. The summed E-state index contributed by atoms with van der Waals surface area (Å²) < 4.78 is 28.0. The maximum Gasteiger partial charge on any atom is 0.252 e. The Labute approximate surface area is 200 Å². The summed E-state index contributed by atoms with van der Waals surface area (Å²) in [7, 11) is -3.44. The van der Waals surface area contributed by atoms with Crippen LogP contribution in [-0.4, -0.2) is 53.9 Å². The number of pyridine rings is 1. The second kappa shape index (κ2) is 8.43. The van der Waals surface area contributed by atoms with Crippen LogP contribution in [0, 0.1) is 0 Å². The maximum atomic E-state index is 13.0. The first-order valence-corrected chi connectivity index (χ1v) is 14.3. The van der Waals surface area contributed by atoms with Crippen LogP contribution in [0.4, 0.5) is 5.82 Å². The van der Waals surface area contributed by atoms with Gasteiger partial charge in [0.15, 0.2) is 5.82 Å². The number of sulfonamides is 1. The Balaban J connectivity index is 1.38. The molecule has 0 radical (unpaired) electrons. The summed E-state index contributed by atoms with van der Waals surface area (Å²) in [4.78, 5) is 18.9. The average Bonchev–Trinajstić information content (AvgIpc) is 3.53. The minimum atomic E-state index is -3.44. The Hall–Kier alpha value is -2.40. The largest absolute Gasteiger partial charge is 0.353 e. The smallest absolute Gasteiger partial charge is 0.252 e. The molecule has 170 valence electrons. The van der Waals surface area contributed by atoms with Gasteiger partial charge in [-0.2, -0.15) is 4.31 Å². The predicted molar refractivity (Wildman–Crippen MR) is 133 cm³/mol. The van der Waals surface area contributed by atoms with Crippen molar-refractivity contribution in [2.24, 2.45) is 0 Å². The lowest BCUT2D eigenvalue weighted by Gasteiger charge is -2.35. The SMILES string of the molecule is O=S(=O)(c1cccs1)N1CCN(c2nc(-c3cccnc3)nc3sc4c(c23)CCCC4)CC1. The number of rotatable bonds is 4. The molecule has 33 heavy (non-hydrogen) atoms. The third kappa shape index (κ3) is 3.74. The summed E-state index contributed by atoms with van der Waals surface area (Å²) in [5, 5.41) is 2.97. The van der Waals surface area contributed by atoms with E-state index >= 15 is 0 Å². The molecule has 0 aromatic carbocycles. The molecule has 7 nitrogen and oxygen atoms in total. The van der Waals surface area contributed by atoms with Crippen molar-refractivity contribution in [1.29, 1.82) is 0 Å². The number of aromatic nitrogens is 3. The van der Waals surface area contributed by atoms with Gasteiger partial charge >= 0.3 is 0 Å². The molecule has 1 aliphatic carbocycles. The van der Waals surface area contributed by atoms with E-state index in [0.717, 1.165) is 34.4 Å². The molecule has 5 heterocycles. The van der Waals surface area contributed by atoms with Gasteiger partial charge in [-0.15, -0.1) is 22.7 Å². The highest BCUT2D eigenvalue weighted by Gasteiger charge is 2.31. The van der Waals surface area contributed by atoms with E-state index in [1.807, 2.05) is 12.1 Å². The molecule has 1 fully saturated rings. The maximum absolute atomic E-state index is 13.0. The van der Waals surface area contributed by atoms with Gasteiger partial charge in [-0.1, -0.05) is 6.07 Å². The lowest BCUT2D eigenvalue weighted by Crippen LogP contribution is -2.48. The number of thiophene rings is 2. The molecule has 6 rings (SSSR count). The third-order valence-corrected chi connectivity index (χ3v) is 10.8. The Morgan fingerprint density at radius 1 is 0.970 bits per heavy atom. The average molecular weight is 498 g/mol. The molecule has 0 saturated carbocycles. The van der Waals surface area contributed by atoms with Crippen LogP contribution in [0.25, 0.3) is 21.6 Å². The van der Waals surface area contributed by atoms with E-state index < -0.39 is 10.0 Å². The molecule has 4 aromatic rings. The zero-order chi connectivity index (χ0) is 22.4. The lowest BCUT2D eigenvalue weighted by atomic mass is 9.97. The monoisotopic (exact) mass is 497 g/mol. The summed E-state index contributed by atoms with van der Waals surface area (Å²) >= 11 is 3.06. The molecule has 4 aromatic heterocycles. The number of piperazine rings is 1. The minimum Gasteiger partial charge on any atom is -0.353 e. The molecule has 0 unspecified atom stereocenters. The first-order chi connectivity index (χ1) is 16.1. The Bertz CT molecular complexity index is 1390. The summed E-state index contributed by atoms with van der Waals surface area (Å²) in [6.07, 6.45) is 8.12. The highest BCUT2D eigenvalue weighted by Crippen LogP contribution is 2.41. The Morgan fingerprint density at radius 3 is 2.58 bits per heavy atom. The first-order valence-electron chi connectivity index (χ1n) is 11.1. The third-order valence-electron chi connectivity index (χ3n) is 6.34. The number of fused-ring (bicyclic) bond motifs is 3. The van der Waals surface area contributed by atoms with E-state index in [-0.39, 0.29) is 0 Å². The van der Waals surface area contributed by atoms with E-state index in [1.54, 1.807) is 45.5 Å². The highest BCUT2D eigenvalue weighted by atomic mass is 32.2. The van der Waals surface area contributed by atoms with Crippen LogP contribution >= 0.6 is 22.7 Å². The van der Waals surface area contributed by atoms with Gasteiger partial charge in [0.05, 0.1) is 5.39 Å². The summed E-state index contributed by atoms with van der Waals surface area (Å²) in [5.41, 5.74) is 2.29. The van der Waals surface area contributed by atoms with Crippen molar-refractivity contribution in [1.82, 2.24) is 19.3 Å². The molecule has 0 amide bonds. The zero-order valence-electron chi connectivity index (χ0n) is 18.0. The van der Waals surface area contributed by atoms with Crippen LogP contribution in [0.5, 0.6) is 0 Å². The van der Waals surface area contributed by atoms with Gasteiger partial charge < -0.3 is 4.90 Å². The fraction of sp³-hybridized carbons (Fsp3) is 0.348. The number of nitrogens with zero attached hydrogens (tertiary/aromatic N) is 5. The molecular weight excluding hydrogens is 474 g/mol. The van der Waals surface area contributed by atoms with Crippen molar-refractivity contribution >= 4 is 48.7 Å². The first kappa shape index (κ1) is 21.2. The fourth-order valence-corrected chi connectivity index (χ4v) is 8.49. The molecular formula is C23H23N5O2S3. The molecule has 1 saturated heterocycles. The fourth-order valence-electron chi connectivity index (χ4n) is 4.67. The molecule has 2 aliphatic rings. The Morgan fingerprint density at radius 2 is 1.82 bits per heavy atom. The van der Waals surface area contributed by atoms with Crippen molar-refractivity contribution < 1.29 is 8.42 Å². The second-order valence-electron chi connectivity index (χ2n) is 8.33. The molecule has 1 aliphatic heterocycles. The number of hydrogen-bond acceptors (Lipinski definition) is 8. The number of aryl methyl sites for hydroxylation is 2. The van der Waals surface area contributed by atoms with Gasteiger partial charge in [-0.25, -0.2) is 18.4 Å². The lowest BCUT2D eigenvalue weighted by molar-refractivity contribution is 0.385. The molecule has 10 heteroatoms. The van der Waals surface area contributed by atoms with Gasteiger partial charge in [0.2, 0.25) is 0 Å². The van der Waals surface area contributed by atoms with Crippen LogP contribution in [0.1, 0.15) is 23.3 Å². The number of anilines is 1. The van der Waals surface area contributed by atoms with Crippen molar-refractivity contribution in [3.63, 3.8) is 0 Å². The van der Waals surface area contributed by atoms with Crippen molar-refractivity contribution in [3.8, 4) is 11.4 Å². The van der Waals surface area contributed by atoms with Crippen LogP contribution in [0.2, 0.25) is 0 Å². The molecule has 0 N–H and O–H groups in total. The minimum absolute atomic E-state index is 0.408. The topological polar surface area (TPSA) is 79.3 Å². The van der Waals surface area contributed by atoms with E-state index in [1.165, 1.54) is 34.6 Å². The van der Waals surface area contributed by atoms with Crippen molar-refractivity contribution in [2.75, 3.05) is 31.1 Å². The van der Waals surface area contributed by atoms with Crippen LogP contribution in [0.15, 0.2) is 46.2 Å². The van der Waals surface area contributed by atoms with E-state index in [0.29, 0.717) is 36.2 Å². The van der Waals surface area contributed by atoms with Gasteiger partial charge in [-0.3, -0.25) is 4.98 Å². The van der Waals surface area contributed by atoms with Crippen molar-refractivity contribution in [2.45, 2.75) is 29.9 Å². The summed E-state index contributed by atoms with van der Waals surface area (Å²) in [6.45, 7) is 2.10. The molecule has 0 atom stereocenters. The van der Waals surface area contributed by atoms with Crippen LogP contribution < -0.4 is 4.90 Å². The van der Waals surface area contributed by atoms with Crippen LogP contribution in [-0.2, 0) is 22.9 Å². The van der Waals surface area contributed by atoms with Gasteiger partial charge in [-0.05, 0) is 54.8 Å². The van der Waals surface area contributed by atoms with Gasteiger partial charge in [0, 0.05) is 49.0 Å². The van der Waals surface area contributed by atoms with Gasteiger partial charge in [0.1, 0.15) is 14.9 Å². The second-order valence-corrected chi connectivity index (χ2v) is 12.5. The standard InChI is InChI=1S/C23H23N5O2S3/c29-33(30,19-8-4-14-31-19)28-12-10-27(11-13-28)22-20-17-6-1-2-7-18(17)32-23(20)26-21(25-22)16-5-3-9-24-15-16/h3-5,8-9,14-15H,1-2,6-7,10-13H2. The van der Waals surface area contributed by atoms with E-state index in [4.69, 9.17) is 9.97 Å². The highest BCUT2D eigenvalue weighted by molar-refractivity contribution is 7.91. The van der Waals surface area contributed by atoms with Gasteiger partial charge in [0.25, 0.3) is 10.0 Å². The van der Waals surface area contributed by atoms with Crippen molar-refractivity contribution in [3.05, 3.63) is 52.5 Å². The Kier molecular flexibility index (Phi) is 5.40. The molecule has 0 spiro atoms. The predicted octanol–water partition coefficient (Wildman–Crippen LogP) is 4.20. The summed E-state index contributed by atoms with van der Waals surface area (Å²) in [6, 6.07) is 7.34. The normalized spacial score (nSPS) is 17.4. The van der Waals surface area contributed by atoms with Crippen LogP contribution in [0.3, 0.4) is 0 Å². The summed E-state index contributed by atoms with van der Waals surface area (Å²) in [5.74, 6) is 1.62. The quantitative estimate of drug-likeness (QED) is 0.420. The molecule has 0 bridgehead atoms. The number of hydrogen-bond donors (Lipinski definition) is 0. The van der Waals surface area contributed by atoms with E-state index in [2.05, 4.69) is 9.88 Å². The van der Waals surface area contributed by atoms with E-state index in [9.17, 15) is 8.42 Å².